The Balaban J connectivity index is 2.21. The highest BCUT2D eigenvalue weighted by Gasteiger charge is 2.27. The van der Waals surface area contributed by atoms with Gasteiger partial charge in [0.1, 0.15) is 0 Å². The van der Waals surface area contributed by atoms with Crippen LogP contribution in [-0.2, 0) is 0 Å². The molecule has 11 heavy (non-hydrogen) atoms. The van der Waals surface area contributed by atoms with Crippen molar-refractivity contribution >= 4 is 0 Å². The Kier molecular flexibility index (Phi) is 1.63. The van der Waals surface area contributed by atoms with Gasteiger partial charge in [-0.3, -0.25) is 0 Å². The van der Waals surface area contributed by atoms with Crippen LogP contribution in [0.3, 0.4) is 0 Å². The van der Waals surface area contributed by atoms with E-state index in [9.17, 15) is 0 Å². The van der Waals surface area contributed by atoms with Gasteiger partial charge in [0.25, 0.3) is 0 Å². The van der Waals surface area contributed by atoms with Gasteiger partial charge in [-0.2, -0.15) is 0 Å². The summed E-state index contributed by atoms with van der Waals surface area (Å²) in [6.45, 7) is 4.62. The minimum Gasteiger partial charge on any atom is -0.0876 e. The van der Waals surface area contributed by atoms with Crippen LogP contribution in [0.4, 0.5) is 0 Å². The highest BCUT2D eigenvalue weighted by Crippen LogP contribution is 2.38. The van der Waals surface area contributed by atoms with Crippen LogP contribution in [0.15, 0.2) is 23.8 Å². The summed E-state index contributed by atoms with van der Waals surface area (Å²) in [5.74, 6) is 2.54. The first kappa shape index (κ1) is 7.15. The first-order valence-electron chi connectivity index (χ1n) is 4.62. The van der Waals surface area contributed by atoms with Crippen LogP contribution in [0.5, 0.6) is 0 Å². The SMILES string of the molecule is CC1=C[C@@H]2CC=C[C@@H]2C[C@@H]1C. The van der Waals surface area contributed by atoms with Gasteiger partial charge in [0, 0.05) is 0 Å². The summed E-state index contributed by atoms with van der Waals surface area (Å²) in [5.41, 5.74) is 1.61. The molecule has 60 valence electrons. The van der Waals surface area contributed by atoms with E-state index < -0.39 is 0 Å². The first-order valence-corrected chi connectivity index (χ1v) is 4.62. The number of rotatable bonds is 0. The van der Waals surface area contributed by atoms with Crippen molar-refractivity contribution in [3.05, 3.63) is 23.8 Å². The van der Waals surface area contributed by atoms with E-state index in [4.69, 9.17) is 0 Å². The van der Waals surface area contributed by atoms with E-state index in [0.717, 1.165) is 17.8 Å². The lowest BCUT2D eigenvalue weighted by molar-refractivity contribution is 0.388. The minimum absolute atomic E-state index is 0.819. The topological polar surface area (TPSA) is 0 Å². The molecule has 0 nitrogen and oxygen atoms in total. The molecule has 0 spiro atoms. The molecule has 0 heterocycles. The van der Waals surface area contributed by atoms with Gasteiger partial charge in [0.15, 0.2) is 0 Å². The molecule has 0 radical (unpaired) electrons. The lowest BCUT2D eigenvalue weighted by Crippen LogP contribution is -2.17. The van der Waals surface area contributed by atoms with Gasteiger partial charge in [0.2, 0.25) is 0 Å². The maximum Gasteiger partial charge on any atom is -0.0133 e. The third kappa shape index (κ3) is 1.15. The highest BCUT2D eigenvalue weighted by molar-refractivity contribution is 5.18. The Hall–Kier alpha value is -0.520. The smallest absolute Gasteiger partial charge is 0.0133 e. The van der Waals surface area contributed by atoms with Crippen LogP contribution in [0.25, 0.3) is 0 Å². The van der Waals surface area contributed by atoms with E-state index in [2.05, 4.69) is 32.1 Å². The summed E-state index contributed by atoms with van der Waals surface area (Å²) in [6.07, 6.45) is 9.90. The van der Waals surface area contributed by atoms with Gasteiger partial charge in [0.05, 0.1) is 0 Å². The largest absolute Gasteiger partial charge is 0.0876 e. The predicted octanol–water partition coefficient (Wildman–Crippen LogP) is 3.16. The van der Waals surface area contributed by atoms with Crippen LogP contribution in [0, 0.1) is 17.8 Å². The van der Waals surface area contributed by atoms with Gasteiger partial charge in [-0.1, -0.05) is 30.7 Å². The number of fused-ring (bicyclic) bond motifs is 1. The molecule has 0 fully saturated rings. The quantitative estimate of drug-likeness (QED) is 0.463. The molecule has 0 aromatic rings. The summed E-state index contributed by atoms with van der Waals surface area (Å²) in [7, 11) is 0. The molecular formula is C11H16. The second-order valence-corrected chi connectivity index (χ2v) is 4.04. The highest BCUT2D eigenvalue weighted by atomic mass is 14.3. The van der Waals surface area contributed by atoms with Crippen molar-refractivity contribution in [1.82, 2.24) is 0 Å². The van der Waals surface area contributed by atoms with Crippen molar-refractivity contribution < 1.29 is 0 Å². The monoisotopic (exact) mass is 148 g/mol. The summed E-state index contributed by atoms with van der Waals surface area (Å²) >= 11 is 0. The van der Waals surface area contributed by atoms with Crippen LogP contribution in [0.2, 0.25) is 0 Å². The minimum atomic E-state index is 0.819. The van der Waals surface area contributed by atoms with Crippen molar-refractivity contribution in [1.29, 1.82) is 0 Å². The molecule has 0 heteroatoms. The molecule has 0 amide bonds. The van der Waals surface area contributed by atoms with Gasteiger partial charge < -0.3 is 0 Å². The summed E-state index contributed by atoms with van der Waals surface area (Å²) in [4.78, 5) is 0. The molecule has 0 saturated heterocycles. The molecule has 2 aliphatic carbocycles. The zero-order chi connectivity index (χ0) is 7.84. The molecule has 2 aliphatic rings. The fraction of sp³-hybridized carbons (Fsp3) is 0.636. The average Bonchev–Trinajstić information content (AvgIpc) is 2.36. The molecule has 2 rings (SSSR count). The van der Waals surface area contributed by atoms with Crippen molar-refractivity contribution in [2.45, 2.75) is 26.7 Å². The number of allylic oxidation sites excluding steroid dienone is 4. The van der Waals surface area contributed by atoms with Gasteiger partial charge in [-0.15, -0.1) is 0 Å². The van der Waals surface area contributed by atoms with Crippen LogP contribution >= 0.6 is 0 Å². The molecule has 0 aromatic heterocycles. The fourth-order valence-electron chi connectivity index (χ4n) is 2.27. The fourth-order valence-corrected chi connectivity index (χ4v) is 2.27. The molecule has 0 aromatic carbocycles. The maximum absolute atomic E-state index is 2.48. The third-order valence-corrected chi connectivity index (χ3v) is 3.22. The van der Waals surface area contributed by atoms with Crippen LogP contribution < -0.4 is 0 Å². The average molecular weight is 148 g/mol. The predicted molar refractivity (Wildman–Crippen MR) is 48.3 cm³/mol. The van der Waals surface area contributed by atoms with Gasteiger partial charge in [-0.05, 0) is 37.5 Å². The number of hydrogen-bond donors (Lipinski definition) is 0. The molecule has 3 atom stereocenters. The van der Waals surface area contributed by atoms with Crippen LogP contribution in [-0.4, -0.2) is 0 Å². The van der Waals surface area contributed by atoms with E-state index in [-0.39, 0.29) is 0 Å². The Morgan fingerprint density at radius 1 is 1.36 bits per heavy atom. The maximum atomic E-state index is 2.48. The molecule has 0 saturated carbocycles. The van der Waals surface area contributed by atoms with E-state index >= 15 is 0 Å². The summed E-state index contributed by atoms with van der Waals surface area (Å²) in [5, 5.41) is 0. The van der Waals surface area contributed by atoms with Gasteiger partial charge in [-0.25, -0.2) is 0 Å². The van der Waals surface area contributed by atoms with E-state index in [1.165, 1.54) is 12.8 Å². The normalized spacial score (nSPS) is 42.0. The van der Waals surface area contributed by atoms with Crippen molar-refractivity contribution in [2.75, 3.05) is 0 Å². The summed E-state index contributed by atoms with van der Waals surface area (Å²) in [6, 6.07) is 0. The Morgan fingerprint density at radius 2 is 2.18 bits per heavy atom. The second-order valence-electron chi connectivity index (χ2n) is 4.04. The zero-order valence-corrected chi connectivity index (χ0v) is 7.38. The zero-order valence-electron chi connectivity index (χ0n) is 7.38. The van der Waals surface area contributed by atoms with Crippen molar-refractivity contribution in [3.63, 3.8) is 0 Å². The molecule has 0 bridgehead atoms. The summed E-state index contributed by atoms with van der Waals surface area (Å²) < 4.78 is 0. The number of hydrogen-bond acceptors (Lipinski definition) is 0. The second kappa shape index (κ2) is 2.51. The van der Waals surface area contributed by atoms with E-state index in [1.807, 2.05) is 0 Å². The molecular weight excluding hydrogens is 132 g/mol. The van der Waals surface area contributed by atoms with Gasteiger partial charge >= 0.3 is 0 Å². The third-order valence-electron chi connectivity index (χ3n) is 3.22. The Morgan fingerprint density at radius 3 is 3.00 bits per heavy atom. The standard InChI is InChI=1S/C11H16/c1-8-6-10-4-3-5-11(10)7-9(8)2/h3-4,7-8,10-11H,5-6H2,1-2H3/t8-,10+,11-/m0/s1. The van der Waals surface area contributed by atoms with Crippen molar-refractivity contribution in [2.24, 2.45) is 17.8 Å². The lowest BCUT2D eigenvalue weighted by atomic mass is 9.78. The van der Waals surface area contributed by atoms with E-state index in [0.29, 0.717) is 0 Å². The Labute approximate surface area is 69.0 Å². The Bertz CT molecular complexity index is 210. The van der Waals surface area contributed by atoms with Crippen LogP contribution in [0.1, 0.15) is 26.7 Å². The molecule has 0 aliphatic heterocycles. The van der Waals surface area contributed by atoms with Crippen molar-refractivity contribution in [3.8, 4) is 0 Å². The molecule has 0 N–H and O–H groups in total. The lowest BCUT2D eigenvalue weighted by Gasteiger charge is -2.27. The molecule has 0 unspecified atom stereocenters. The van der Waals surface area contributed by atoms with E-state index in [1.54, 1.807) is 5.57 Å². The first-order chi connectivity index (χ1) is 5.27.